The van der Waals surface area contributed by atoms with Crippen molar-refractivity contribution in [2.24, 2.45) is 5.92 Å². The molecule has 0 aromatic carbocycles. The van der Waals surface area contributed by atoms with Gasteiger partial charge in [-0.2, -0.15) is 0 Å². The summed E-state index contributed by atoms with van der Waals surface area (Å²) in [6.07, 6.45) is 4.34. The van der Waals surface area contributed by atoms with E-state index in [1.807, 2.05) is 0 Å². The third-order valence-electron chi connectivity index (χ3n) is 3.30. The largest absolute Gasteiger partial charge is 0.469 e. The first-order valence-electron chi connectivity index (χ1n) is 6.18. The summed E-state index contributed by atoms with van der Waals surface area (Å²) in [5, 5.41) is 3.29. The number of carbonyl (C=O) groups excluding carboxylic acids is 1. The lowest BCUT2D eigenvalue weighted by atomic mass is 9.94. The van der Waals surface area contributed by atoms with E-state index in [-0.39, 0.29) is 5.97 Å². The van der Waals surface area contributed by atoms with Gasteiger partial charge in [-0.05, 0) is 51.9 Å². The minimum Gasteiger partial charge on any atom is -0.469 e. The van der Waals surface area contributed by atoms with E-state index < -0.39 is 0 Å². The summed E-state index contributed by atoms with van der Waals surface area (Å²) < 4.78 is 4.57. The van der Waals surface area contributed by atoms with E-state index in [1.165, 1.54) is 39.5 Å². The van der Waals surface area contributed by atoms with Crippen molar-refractivity contribution in [3.05, 3.63) is 0 Å². The summed E-state index contributed by atoms with van der Waals surface area (Å²) in [7, 11) is 3.62. The van der Waals surface area contributed by atoms with Gasteiger partial charge in [-0.3, -0.25) is 4.79 Å². The molecule has 0 bridgehead atoms. The summed E-state index contributed by atoms with van der Waals surface area (Å²) in [6.45, 7) is 4.21. The number of hydrogen-bond acceptors (Lipinski definition) is 4. The Bertz CT molecular complexity index is 201. The molecule has 1 fully saturated rings. The Balaban J connectivity index is 1.93. The lowest BCUT2D eigenvalue weighted by Crippen LogP contribution is -2.31. The Hall–Kier alpha value is -0.610. The number of methoxy groups -OCH3 is 1. The molecule has 4 heteroatoms. The van der Waals surface area contributed by atoms with Crippen LogP contribution in [0, 0.1) is 5.92 Å². The Labute approximate surface area is 98.3 Å². The number of piperidine rings is 1. The molecule has 16 heavy (non-hydrogen) atoms. The van der Waals surface area contributed by atoms with Gasteiger partial charge in [-0.15, -0.1) is 0 Å². The van der Waals surface area contributed by atoms with Gasteiger partial charge in [0.15, 0.2) is 0 Å². The van der Waals surface area contributed by atoms with E-state index in [1.54, 1.807) is 0 Å². The Kier molecular flexibility index (Phi) is 6.42. The number of likely N-dealkylation sites (tertiary alicyclic amines) is 1. The van der Waals surface area contributed by atoms with Crippen molar-refractivity contribution in [3.8, 4) is 0 Å². The lowest BCUT2D eigenvalue weighted by Gasteiger charge is -2.28. The first-order chi connectivity index (χ1) is 7.72. The van der Waals surface area contributed by atoms with Crippen LogP contribution in [0.1, 0.15) is 25.7 Å². The maximum Gasteiger partial charge on any atom is 0.306 e. The molecule has 1 rings (SSSR count). The fourth-order valence-corrected chi connectivity index (χ4v) is 2.07. The molecule has 1 N–H and O–H groups in total. The van der Waals surface area contributed by atoms with Crippen LogP contribution in [0.3, 0.4) is 0 Å². The fourth-order valence-electron chi connectivity index (χ4n) is 2.07. The minimum absolute atomic E-state index is 0.133. The van der Waals surface area contributed by atoms with Crippen molar-refractivity contribution in [1.29, 1.82) is 0 Å². The van der Waals surface area contributed by atoms with Crippen LogP contribution in [0.15, 0.2) is 0 Å². The molecule has 1 heterocycles. The van der Waals surface area contributed by atoms with Crippen LogP contribution in [0.2, 0.25) is 0 Å². The van der Waals surface area contributed by atoms with Gasteiger partial charge in [0.25, 0.3) is 0 Å². The lowest BCUT2D eigenvalue weighted by molar-refractivity contribution is -0.140. The number of hydrogen-bond donors (Lipinski definition) is 1. The smallest absolute Gasteiger partial charge is 0.306 e. The van der Waals surface area contributed by atoms with Crippen LogP contribution < -0.4 is 5.32 Å². The molecule has 4 nitrogen and oxygen atoms in total. The number of esters is 1. The number of rotatable bonds is 6. The molecular formula is C12H24N2O2. The van der Waals surface area contributed by atoms with Crippen LogP contribution in [0.25, 0.3) is 0 Å². The first kappa shape index (κ1) is 13.5. The second kappa shape index (κ2) is 7.63. The average molecular weight is 228 g/mol. The van der Waals surface area contributed by atoms with Crippen molar-refractivity contribution >= 4 is 5.97 Å². The van der Waals surface area contributed by atoms with Gasteiger partial charge in [0, 0.05) is 6.54 Å². The highest BCUT2D eigenvalue weighted by Gasteiger charge is 2.15. The van der Waals surface area contributed by atoms with Gasteiger partial charge >= 0.3 is 5.97 Å². The van der Waals surface area contributed by atoms with Crippen molar-refractivity contribution in [3.63, 3.8) is 0 Å². The average Bonchev–Trinajstić information content (AvgIpc) is 2.31. The van der Waals surface area contributed by atoms with E-state index in [2.05, 4.69) is 22.0 Å². The summed E-state index contributed by atoms with van der Waals surface area (Å²) in [5.41, 5.74) is 0. The SMILES string of the molecule is COC(=O)CCNCCC1CCN(C)CC1. The van der Waals surface area contributed by atoms with Gasteiger partial charge in [0.1, 0.15) is 0 Å². The molecular weight excluding hydrogens is 204 g/mol. The zero-order chi connectivity index (χ0) is 11.8. The zero-order valence-electron chi connectivity index (χ0n) is 10.5. The van der Waals surface area contributed by atoms with Crippen molar-refractivity contribution in [2.45, 2.75) is 25.7 Å². The van der Waals surface area contributed by atoms with E-state index in [0.29, 0.717) is 6.42 Å². The molecule has 1 aliphatic rings. The van der Waals surface area contributed by atoms with Gasteiger partial charge in [-0.25, -0.2) is 0 Å². The van der Waals surface area contributed by atoms with E-state index >= 15 is 0 Å². The fraction of sp³-hybridized carbons (Fsp3) is 0.917. The highest BCUT2D eigenvalue weighted by molar-refractivity contribution is 5.69. The molecule has 0 aromatic heterocycles. The molecule has 94 valence electrons. The molecule has 0 radical (unpaired) electrons. The quantitative estimate of drug-likeness (QED) is 0.541. The maximum atomic E-state index is 10.8. The molecule has 0 spiro atoms. The number of nitrogens with zero attached hydrogens (tertiary/aromatic N) is 1. The highest BCUT2D eigenvalue weighted by atomic mass is 16.5. The number of nitrogens with one attached hydrogen (secondary N) is 1. The number of carbonyl (C=O) groups is 1. The van der Waals surface area contributed by atoms with Gasteiger partial charge in [0.05, 0.1) is 13.5 Å². The summed E-state index contributed by atoms with van der Waals surface area (Å²) in [5.74, 6) is 0.730. The molecule has 0 saturated carbocycles. The summed E-state index contributed by atoms with van der Waals surface area (Å²) in [4.78, 5) is 13.2. The monoisotopic (exact) mass is 228 g/mol. The number of ether oxygens (including phenoxy) is 1. The Morgan fingerprint density at radius 3 is 2.69 bits per heavy atom. The van der Waals surface area contributed by atoms with Gasteiger partial charge in [-0.1, -0.05) is 0 Å². The molecule has 1 aliphatic heterocycles. The van der Waals surface area contributed by atoms with Crippen LogP contribution in [-0.4, -0.2) is 51.2 Å². The van der Waals surface area contributed by atoms with Crippen LogP contribution in [0.4, 0.5) is 0 Å². The normalized spacial score (nSPS) is 18.6. The maximum absolute atomic E-state index is 10.8. The van der Waals surface area contributed by atoms with Crippen LogP contribution in [-0.2, 0) is 9.53 Å². The van der Waals surface area contributed by atoms with Crippen LogP contribution >= 0.6 is 0 Å². The molecule has 0 atom stereocenters. The third-order valence-corrected chi connectivity index (χ3v) is 3.30. The Morgan fingerprint density at radius 1 is 1.38 bits per heavy atom. The van der Waals surface area contributed by atoms with E-state index in [0.717, 1.165) is 19.0 Å². The van der Waals surface area contributed by atoms with E-state index in [9.17, 15) is 4.79 Å². The minimum atomic E-state index is -0.133. The summed E-state index contributed by atoms with van der Waals surface area (Å²) in [6, 6.07) is 0. The second-order valence-electron chi connectivity index (χ2n) is 4.61. The van der Waals surface area contributed by atoms with Crippen molar-refractivity contribution in [2.75, 3.05) is 40.3 Å². The highest BCUT2D eigenvalue weighted by Crippen LogP contribution is 2.18. The van der Waals surface area contributed by atoms with E-state index in [4.69, 9.17) is 0 Å². The third kappa shape index (κ3) is 5.47. The second-order valence-corrected chi connectivity index (χ2v) is 4.61. The summed E-state index contributed by atoms with van der Waals surface area (Å²) >= 11 is 0. The van der Waals surface area contributed by atoms with Crippen molar-refractivity contribution < 1.29 is 9.53 Å². The molecule has 0 amide bonds. The van der Waals surface area contributed by atoms with Crippen molar-refractivity contribution in [1.82, 2.24) is 10.2 Å². The molecule has 1 saturated heterocycles. The predicted octanol–water partition coefficient (Wildman–Crippen LogP) is 0.871. The topological polar surface area (TPSA) is 41.6 Å². The standard InChI is InChI=1S/C12H24N2O2/c1-14-9-5-11(6-10-14)3-7-13-8-4-12(15)16-2/h11,13H,3-10H2,1-2H3. The van der Waals surface area contributed by atoms with Gasteiger partial charge < -0.3 is 15.0 Å². The van der Waals surface area contributed by atoms with Crippen LogP contribution in [0.5, 0.6) is 0 Å². The molecule has 0 aromatic rings. The molecule has 0 unspecified atom stereocenters. The molecule has 0 aliphatic carbocycles. The first-order valence-corrected chi connectivity index (χ1v) is 6.18. The van der Waals surface area contributed by atoms with Gasteiger partial charge in [0.2, 0.25) is 0 Å². The zero-order valence-corrected chi connectivity index (χ0v) is 10.5. The predicted molar refractivity (Wildman–Crippen MR) is 64.3 cm³/mol. The Morgan fingerprint density at radius 2 is 2.06 bits per heavy atom.